The molecule has 1 amide bonds. The Balaban J connectivity index is 1.56. The molecule has 0 saturated carbocycles. The van der Waals surface area contributed by atoms with Gasteiger partial charge in [-0.3, -0.25) is 9.78 Å². The van der Waals surface area contributed by atoms with E-state index in [0.29, 0.717) is 5.56 Å². The number of nitrogens with zero attached hydrogens (tertiary/aromatic N) is 3. The molecule has 1 aliphatic carbocycles. The number of allylic oxidation sites excluding steroid dienone is 2. The molecule has 29 heavy (non-hydrogen) atoms. The van der Waals surface area contributed by atoms with Crippen LogP contribution in [0, 0.1) is 0 Å². The maximum atomic E-state index is 12.2. The fourth-order valence-corrected chi connectivity index (χ4v) is 3.65. The lowest BCUT2D eigenvalue weighted by atomic mass is 10.1. The van der Waals surface area contributed by atoms with Gasteiger partial charge in [0.05, 0.1) is 25.0 Å². The van der Waals surface area contributed by atoms with Gasteiger partial charge in [-0.2, -0.15) is 5.10 Å². The topological polar surface area (TPSA) is 66.8 Å². The predicted octanol–water partition coefficient (Wildman–Crippen LogP) is 3.26. The largest absolute Gasteiger partial charge is 0.378 e. The fraction of sp³-hybridized carbons (Fsp3) is 0.261. The maximum absolute atomic E-state index is 12.2. The second-order valence-electron chi connectivity index (χ2n) is 6.99. The fourth-order valence-electron chi connectivity index (χ4n) is 3.65. The zero-order valence-electron chi connectivity index (χ0n) is 16.3. The van der Waals surface area contributed by atoms with Gasteiger partial charge >= 0.3 is 0 Å². The smallest absolute Gasteiger partial charge is 0.272 e. The Kier molecular flexibility index (Phi) is 6.12. The van der Waals surface area contributed by atoms with Gasteiger partial charge in [-0.1, -0.05) is 30.3 Å². The molecule has 1 aromatic heterocycles. The lowest BCUT2D eigenvalue weighted by molar-refractivity contribution is 0.0548. The van der Waals surface area contributed by atoms with Gasteiger partial charge in [0.1, 0.15) is 0 Å². The van der Waals surface area contributed by atoms with Crippen LogP contribution in [0.4, 0.5) is 0 Å². The summed E-state index contributed by atoms with van der Waals surface area (Å²) in [5, 5.41) is 4.22. The third kappa shape index (κ3) is 4.78. The molecule has 0 atom stereocenters. The molecule has 1 N–H and O–H groups in total. The van der Waals surface area contributed by atoms with Crippen LogP contribution >= 0.6 is 0 Å². The molecule has 1 saturated heterocycles. The van der Waals surface area contributed by atoms with Crippen LogP contribution in [0.1, 0.15) is 28.8 Å². The third-order valence-corrected chi connectivity index (χ3v) is 5.05. The quantitative estimate of drug-likeness (QED) is 0.631. The first kappa shape index (κ1) is 19.1. The summed E-state index contributed by atoms with van der Waals surface area (Å²) >= 11 is 0. The van der Waals surface area contributed by atoms with E-state index < -0.39 is 0 Å². The molecule has 2 aromatic rings. The number of ether oxygens (including phenoxy) is 1. The number of pyridine rings is 1. The first-order valence-corrected chi connectivity index (χ1v) is 9.86. The number of morpholine rings is 1. The van der Waals surface area contributed by atoms with Gasteiger partial charge in [-0.25, -0.2) is 5.43 Å². The molecule has 0 radical (unpaired) electrons. The van der Waals surface area contributed by atoms with Gasteiger partial charge in [0.15, 0.2) is 0 Å². The summed E-state index contributed by atoms with van der Waals surface area (Å²) in [7, 11) is 0. The monoisotopic (exact) mass is 388 g/mol. The van der Waals surface area contributed by atoms with E-state index in [0.717, 1.165) is 44.7 Å². The summed E-state index contributed by atoms with van der Waals surface area (Å²) in [4.78, 5) is 18.5. The van der Waals surface area contributed by atoms with Crippen LogP contribution in [0.25, 0.3) is 6.08 Å². The van der Waals surface area contributed by atoms with Gasteiger partial charge in [0.25, 0.3) is 5.91 Å². The molecule has 6 heteroatoms. The van der Waals surface area contributed by atoms with Crippen molar-refractivity contribution in [3.8, 4) is 0 Å². The Morgan fingerprint density at radius 2 is 1.93 bits per heavy atom. The molecule has 0 bridgehead atoms. The third-order valence-electron chi connectivity index (χ3n) is 5.05. The number of rotatable bonds is 5. The van der Waals surface area contributed by atoms with E-state index >= 15 is 0 Å². The van der Waals surface area contributed by atoms with Crippen molar-refractivity contribution in [2.45, 2.75) is 12.8 Å². The highest BCUT2D eigenvalue weighted by Gasteiger charge is 2.25. The normalized spacial score (nSPS) is 18.6. The van der Waals surface area contributed by atoms with Gasteiger partial charge in [-0.05, 0) is 47.8 Å². The number of amides is 1. The zero-order valence-corrected chi connectivity index (χ0v) is 16.3. The molecule has 1 aliphatic heterocycles. The van der Waals surface area contributed by atoms with E-state index in [1.54, 1.807) is 24.5 Å². The van der Waals surface area contributed by atoms with E-state index in [4.69, 9.17) is 4.74 Å². The minimum Gasteiger partial charge on any atom is -0.378 e. The van der Waals surface area contributed by atoms with Crippen molar-refractivity contribution >= 4 is 18.2 Å². The Labute approximate surface area is 170 Å². The molecule has 1 aromatic carbocycles. The number of carbonyl (C=O) groups excluding carboxylic acids is 1. The summed E-state index contributed by atoms with van der Waals surface area (Å²) < 4.78 is 5.53. The first-order chi connectivity index (χ1) is 14.3. The predicted molar refractivity (Wildman–Crippen MR) is 113 cm³/mol. The van der Waals surface area contributed by atoms with Gasteiger partial charge < -0.3 is 9.64 Å². The summed E-state index contributed by atoms with van der Waals surface area (Å²) in [6.45, 7) is 3.18. The van der Waals surface area contributed by atoms with E-state index in [1.165, 1.54) is 23.0 Å². The second kappa shape index (κ2) is 9.30. The van der Waals surface area contributed by atoms with Crippen LogP contribution in [0.2, 0.25) is 0 Å². The molecule has 4 rings (SSSR count). The number of hydrogen-bond donors (Lipinski definition) is 1. The molecule has 0 spiro atoms. The number of benzene rings is 1. The number of nitrogens with one attached hydrogen (secondary N) is 1. The lowest BCUT2D eigenvalue weighted by Gasteiger charge is -2.31. The van der Waals surface area contributed by atoms with Crippen LogP contribution in [0.15, 0.2) is 76.8 Å². The summed E-state index contributed by atoms with van der Waals surface area (Å²) in [6.07, 6.45) is 9.06. The number of carbonyl (C=O) groups is 1. The van der Waals surface area contributed by atoms with Crippen LogP contribution < -0.4 is 5.43 Å². The van der Waals surface area contributed by atoms with Crippen LogP contribution in [-0.2, 0) is 4.74 Å². The average Bonchev–Trinajstić information content (AvgIpc) is 3.18. The van der Waals surface area contributed by atoms with Crippen molar-refractivity contribution in [3.05, 3.63) is 82.8 Å². The zero-order chi connectivity index (χ0) is 19.9. The Hall–Kier alpha value is -3.25. The van der Waals surface area contributed by atoms with Crippen LogP contribution in [0.5, 0.6) is 0 Å². The van der Waals surface area contributed by atoms with Gasteiger partial charge in [0.2, 0.25) is 0 Å². The summed E-state index contributed by atoms with van der Waals surface area (Å²) in [5.74, 6) is -0.263. The highest BCUT2D eigenvalue weighted by atomic mass is 16.5. The Morgan fingerprint density at radius 1 is 1.10 bits per heavy atom. The first-order valence-electron chi connectivity index (χ1n) is 9.86. The summed E-state index contributed by atoms with van der Waals surface area (Å²) in [6, 6.07) is 13.8. The van der Waals surface area contributed by atoms with Crippen LogP contribution in [-0.4, -0.2) is 48.3 Å². The van der Waals surface area contributed by atoms with Gasteiger partial charge in [-0.15, -0.1) is 0 Å². The second-order valence-corrected chi connectivity index (χ2v) is 6.99. The molecule has 2 aliphatic rings. The Bertz CT molecular complexity index is 930. The van der Waals surface area contributed by atoms with Crippen molar-refractivity contribution < 1.29 is 9.53 Å². The minimum atomic E-state index is -0.263. The van der Waals surface area contributed by atoms with Crippen LogP contribution in [0.3, 0.4) is 0 Å². The molecule has 148 valence electrons. The molecule has 1 fully saturated rings. The molecular weight excluding hydrogens is 364 g/mol. The van der Waals surface area contributed by atoms with Gasteiger partial charge in [0, 0.05) is 31.2 Å². The lowest BCUT2D eigenvalue weighted by Crippen LogP contribution is -2.36. The van der Waals surface area contributed by atoms with E-state index in [2.05, 4.69) is 50.8 Å². The van der Waals surface area contributed by atoms with Crippen molar-refractivity contribution in [1.82, 2.24) is 15.3 Å². The van der Waals surface area contributed by atoms with E-state index in [1.807, 2.05) is 6.07 Å². The van der Waals surface area contributed by atoms with Crippen molar-refractivity contribution in [2.24, 2.45) is 5.10 Å². The minimum absolute atomic E-state index is 0.263. The van der Waals surface area contributed by atoms with Crippen molar-refractivity contribution in [1.29, 1.82) is 0 Å². The van der Waals surface area contributed by atoms with E-state index in [-0.39, 0.29) is 5.91 Å². The summed E-state index contributed by atoms with van der Waals surface area (Å²) in [5.41, 5.74) is 7.95. The Morgan fingerprint density at radius 3 is 2.69 bits per heavy atom. The highest BCUT2D eigenvalue weighted by Crippen LogP contribution is 2.34. The number of hydrogen-bond acceptors (Lipinski definition) is 5. The molecule has 2 heterocycles. The van der Waals surface area contributed by atoms with Crippen molar-refractivity contribution in [3.63, 3.8) is 0 Å². The van der Waals surface area contributed by atoms with E-state index in [9.17, 15) is 4.79 Å². The maximum Gasteiger partial charge on any atom is 0.272 e. The SMILES string of the molecule is O=C(N/N=C\C1=C(N2CCOCC2)C(=C/c2ccccc2)/CC1)c1cccnc1. The molecule has 0 unspecified atom stereocenters. The molecular formula is C23H24N4O2. The van der Waals surface area contributed by atoms with Crippen molar-refractivity contribution in [2.75, 3.05) is 26.3 Å². The number of hydrazone groups is 1. The standard InChI is InChI=1S/C23H24N4O2/c28-23(21-7-4-10-24-16-21)26-25-17-20-9-8-19(15-18-5-2-1-3-6-18)22(20)27-11-13-29-14-12-27/h1-7,10,15-17H,8-9,11-14H2,(H,26,28)/b19-15+,25-17-. The number of aromatic nitrogens is 1. The average molecular weight is 388 g/mol. The molecule has 6 nitrogen and oxygen atoms in total. The highest BCUT2D eigenvalue weighted by molar-refractivity contribution is 5.94.